The fourth-order valence-electron chi connectivity index (χ4n) is 1.25. The Balaban J connectivity index is 3.21. The number of hydrogen-bond acceptors (Lipinski definition) is 7. The van der Waals surface area contributed by atoms with Gasteiger partial charge in [0.2, 0.25) is 0 Å². The van der Waals surface area contributed by atoms with E-state index in [9.17, 15) is 14.7 Å². The molecular formula is C13H24O5S4. The van der Waals surface area contributed by atoms with Gasteiger partial charge in [0, 0.05) is 46.0 Å². The van der Waals surface area contributed by atoms with Gasteiger partial charge in [-0.05, 0) is 0 Å². The molecule has 0 radical (unpaired) electrons. The van der Waals surface area contributed by atoms with E-state index in [1.165, 1.54) is 0 Å². The van der Waals surface area contributed by atoms with Gasteiger partial charge in [-0.3, -0.25) is 9.59 Å². The minimum Gasteiger partial charge on any atom is -0.481 e. The number of aliphatic hydroxyl groups is 1. The van der Waals surface area contributed by atoms with Crippen molar-refractivity contribution in [2.24, 2.45) is 0 Å². The van der Waals surface area contributed by atoms with E-state index in [1.54, 1.807) is 47.0 Å². The van der Waals surface area contributed by atoms with Crippen molar-refractivity contribution in [3.8, 4) is 0 Å². The lowest BCUT2D eigenvalue weighted by Gasteiger charge is -2.09. The van der Waals surface area contributed by atoms with Crippen LogP contribution >= 0.6 is 47.0 Å². The molecule has 0 atom stereocenters. The maximum atomic E-state index is 10.3. The summed E-state index contributed by atoms with van der Waals surface area (Å²) in [5.74, 6) is 4.88. The Hall–Kier alpha value is 0.300. The van der Waals surface area contributed by atoms with Gasteiger partial charge < -0.3 is 15.3 Å². The Morgan fingerprint density at radius 2 is 1.05 bits per heavy atom. The molecule has 22 heavy (non-hydrogen) atoms. The summed E-state index contributed by atoms with van der Waals surface area (Å²) < 4.78 is 0. The molecular weight excluding hydrogens is 364 g/mol. The second-order valence-corrected chi connectivity index (χ2v) is 9.07. The third-order valence-electron chi connectivity index (χ3n) is 2.29. The summed E-state index contributed by atoms with van der Waals surface area (Å²) in [4.78, 5) is 20.6. The molecule has 9 heteroatoms. The second kappa shape index (κ2) is 16.2. The van der Waals surface area contributed by atoms with Crippen LogP contribution in [0.1, 0.15) is 12.8 Å². The average Bonchev–Trinajstić information content (AvgIpc) is 2.44. The van der Waals surface area contributed by atoms with Crippen molar-refractivity contribution in [1.29, 1.82) is 0 Å². The Labute approximate surface area is 148 Å². The van der Waals surface area contributed by atoms with E-state index in [0.717, 1.165) is 23.0 Å². The molecule has 0 aromatic rings. The number of aliphatic carboxylic acids is 2. The number of carbonyl (C=O) groups is 2. The van der Waals surface area contributed by atoms with Crippen molar-refractivity contribution in [1.82, 2.24) is 0 Å². The minimum absolute atomic E-state index is 0.207. The van der Waals surface area contributed by atoms with Gasteiger partial charge in [0.1, 0.15) is 0 Å². The third kappa shape index (κ3) is 18.3. The SMILES string of the molecule is O=C(O)CCSCCSCC(O)CSCCSCCC(=O)O. The summed E-state index contributed by atoms with van der Waals surface area (Å²) in [5, 5.41) is 26.8. The highest BCUT2D eigenvalue weighted by Gasteiger charge is 2.05. The van der Waals surface area contributed by atoms with Crippen molar-refractivity contribution < 1.29 is 24.9 Å². The highest BCUT2D eigenvalue weighted by atomic mass is 32.2. The molecule has 0 rings (SSSR count). The first kappa shape index (κ1) is 22.3. The number of carboxylic acids is 2. The number of aliphatic hydroxyl groups excluding tert-OH is 1. The zero-order chi connectivity index (χ0) is 16.6. The van der Waals surface area contributed by atoms with Crippen LogP contribution in [0.3, 0.4) is 0 Å². The standard InChI is InChI=1S/C13H24O5S4/c14-11(9-21-7-5-19-3-1-12(15)16)10-22-8-6-20-4-2-13(17)18/h11,14H,1-10H2,(H,15,16)(H,17,18). The normalized spacial score (nSPS) is 11.0. The number of thioether (sulfide) groups is 4. The van der Waals surface area contributed by atoms with Crippen LogP contribution in [-0.2, 0) is 9.59 Å². The highest BCUT2D eigenvalue weighted by Crippen LogP contribution is 2.13. The van der Waals surface area contributed by atoms with Crippen molar-refractivity contribution >= 4 is 59.0 Å². The maximum Gasteiger partial charge on any atom is 0.304 e. The smallest absolute Gasteiger partial charge is 0.304 e. The maximum absolute atomic E-state index is 10.3. The quantitative estimate of drug-likeness (QED) is 0.344. The van der Waals surface area contributed by atoms with Crippen LogP contribution in [0.5, 0.6) is 0 Å². The molecule has 0 saturated heterocycles. The first-order chi connectivity index (χ1) is 10.5. The molecule has 0 amide bonds. The molecule has 0 aliphatic carbocycles. The molecule has 130 valence electrons. The molecule has 0 saturated carbocycles. The van der Waals surface area contributed by atoms with E-state index in [-0.39, 0.29) is 18.9 Å². The summed E-state index contributed by atoms with van der Waals surface area (Å²) in [6.07, 6.45) is 0.0982. The van der Waals surface area contributed by atoms with Gasteiger partial charge >= 0.3 is 11.9 Å². The fourth-order valence-corrected chi connectivity index (χ4v) is 5.44. The topological polar surface area (TPSA) is 94.8 Å². The highest BCUT2D eigenvalue weighted by molar-refractivity contribution is 8.03. The Morgan fingerprint density at radius 1 is 0.682 bits per heavy atom. The van der Waals surface area contributed by atoms with Crippen LogP contribution in [0, 0.1) is 0 Å². The summed E-state index contributed by atoms with van der Waals surface area (Å²) in [6.45, 7) is 0. The Morgan fingerprint density at radius 3 is 1.41 bits per heavy atom. The van der Waals surface area contributed by atoms with E-state index in [0.29, 0.717) is 23.0 Å². The molecule has 0 bridgehead atoms. The predicted octanol–water partition coefficient (Wildman–Crippen LogP) is 2.23. The van der Waals surface area contributed by atoms with Gasteiger partial charge in [0.15, 0.2) is 0 Å². The van der Waals surface area contributed by atoms with Crippen LogP contribution in [0.4, 0.5) is 0 Å². The molecule has 0 aliphatic rings. The van der Waals surface area contributed by atoms with E-state index in [2.05, 4.69) is 0 Å². The number of rotatable bonds is 16. The first-order valence-corrected chi connectivity index (χ1v) is 11.6. The van der Waals surface area contributed by atoms with Crippen LogP contribution in [-0.4, -0.2) is 79.4 Å². The van der Waals surface area contributed by atoms with Gasteiger partial charge in [0.05, 0.1) is 18.9 Å². The zero-order valence-corrected chi connectivity index (χ0v) is 15.7. The van der Waals surface area contributed by atoms with E-state index in [1.807, 2.05) is 0 Å². The molecule has 0 heterocycles. The minimum atomic E-state index is -0.756. The molecule has 0 fully saturated rings. The van der Waals surface area contributed by atoms with Crippen molar-refractivity contribution in [2.45, 2.75) is 18.9 Å². The van der Waals surface area contributed by atoms with Crippen LogP contribution < -0.4 is 0 Å². The van der Waals surface area contributed by atoms with Gasteiger partial charge in [-0.1, -0.05) is 0 Å². The predicted molar refractivity (Wildman–Crippen MR) is 99.8 cm³/mol. The molecule has 0 aromatic carbocycles. The van der Waals surface area contributed by atoms with Crippen molar-refractivity contribution in [2.75, 3.05) is 46.0 Å². The van der Waals surface area contributed by atoms with E-state index >= 15 is 0 Å². The number of carboxylic acid groups (broad SMARTS) is 2. The monoisotopic (exact) mass is 388 g/mol. The third-order valence-corrected chi connectivity index (χ3v) is 7.00. The number of hydrogen-bond donors (Lipinski definition) is 3. The van der Waals surface area contributed by atoms with Crippen LogP contribution in [0.25, 0.3) is 0 Å². The second-order valence-electron chi connectivity index (χ2n) is 4.32. The van der Waals surface area contributed by atoms with E-state index < -0.39 is 11.9 Å². The lowest BCUT2D eigenvalue weighted by molar-refractivity contribution is -0.137. The molecule has 0 aromatic heterocycles. The largest absolute Gasteiger partial charge is 0.481 e. The van der Waals surface area contributed by atoms with Crippen molar-refractivity contribution in [3.63, 3.8) is 0 Å². The van der Waals surface area contributed by atoms with Gasteiger partial charge in [-0.15, -0.1) is 0 Å². The molecule has 0 unspecified atom stereocenters. The van der Waals surface area contributed by atoms with Gasteiger partial charge in [0.25, 0.3) is 0 Å². The fraction of sp³-hybridized carbons (Fsp3) is 0.846. The molecule has 3 N–H and O–H groups in total. The van der Waals surface area contributed by atoms with Gasteiger partial charge in [-0.25, -0.2) is 0 Å². The van der Waals surface area contributed by atoms with Crippen molar-refractivity contribution in [3.05, 3.63) is 0 Å². The van der Waals surface area contributed by atoms with Gasteiger partial charge in [-0.2, -0.15) is 47.0 Å². The summed E-state index contributed by atoms with van der Waals surface area (Å²) in [6, 6.07) is 0. The molecule has 5 nitrogen and oxygen atoms in total. The summed E-state index contributed by atoms with van der Waals surface area (Å²) >= 11 is 6.65. The lowest BCUT2D eigenvalue weighted by Crippen LogP contribution is -2.14. The Bertz CT molecular complexity index is 276. The lowest BCUT2D eigenvalue weighted by atomic mass is 10.5. The Kier molecular flexibility index (Phi) is 16.4. The van der Waals surface area contributed by atoms with Crippen LogP contribution in [0.2, 0.25) is 0 Å². The summed E-state index contributed by atoms with van der Waals surface area (Å²) in [5.41, 5.74) is 0. The summed E-state index contributed by atoms with van der Waals surface area (Å²) in [7, 11) is 0. The van der Waals surface area contributed by atoms with Crippen LogP contribution in [0.15, 0.2) is 0 Å². The zero-order valence-electron chi connectivity index (χ0n) is 12.4. The van der Waals surface area contributed by atoms with E-state index in [4.69, 9.17) is 10.2 Å². The molecule has 0 spiro atoms. The average molecular weight is 389 g/mol. The molecule has 0 aliphatic heterocycles. The first-order valence-electron chi connectivity index (χ1n) is 6.95.